The molecule has 16 nitrogen and oxygen atoms in total. The van der Waals surface area contributed by atoms with Gasteiger partial charge in [0.05, 0.1) is 86.4 Å². The van der Waals surface area contributed by atoms with Gasteiger partial charge in [-0.2, -0.15) is 36.5 Å². The Morgan fingerprint density at radius 1 is 0.600 bits per heavy atom. The molecule has 4 heterocycles. The lowest BCUT2D eigenvalue weighted by Crippen LogP contribution is -2.40. The lowest BCUT2D eigenvalue weighted by atomic mass is 10.1. The van der Waals surface area contributed by atoms with Crippen molar-refractivity contribution in [1.29, 1.82) is 0 Å². The molecule has 8 rings (SSSR count). The number of benzene rings is 4. The quantitative estimate of drug-likeness (QED) is 0.122. The summed E-state index contributed by atoms with van der Waals surface area (Å²) in [5, 5.41) is 18.2. The van der Waals surface area contributed by atoms with Crippen molar-refractivity contribution in [1.82, 2.24) is 37.8 Å². The number of rotatable bonds is 7. The molecular formula is C47H31BrF6N10O6. The van der Waals surface area contributed by atoms with E-state index in [2.05, 4.69) is 35.8 Å². The second-order valence-electron chi connectivity index (χ2n) is 15.1. The van der Waals surface area contributed by atoms with Crippen molar-refractivity contribution in [3.63, 3.8) is 0 Å². The molecule has 0 aliphatic carbocycles. The van der Waals surface area contributed by atoms with E-state index in [-0.39, 0.29) is 45.1 Å². The Bertz CT molecular complexity index is 3740. The fourth-order valence-electron chi connectivity index (χ4n) is 7.45. The molecule has 0 unspecified atom stereocenters. The number of aromatic nitrogens is 8. The number of carbonyl (C=O) groups is 1. The molecule has 0 saturated heterocycles. The van der Waals surface area contributed by atoms with Gasteiger partial charge in [0.1, 0.15) is 5.56 Å². The third-order valence-electron chi connectivity index (χ3n) is 10.9. The van der Waals surface area contributed by atoms with Crippen LogP contribution in [-0.4, -0.2) is 48.9 Å². The van der Waals surface area contributed by atoms with E-state index in [1.54, 1.807) is 24.3 Å². The predicted molar refractivity (Wildman–Crippen MR) is 246 cm³/mol. The van der Waals surface area contributed by atoms with Crippen LogP contribution >= 0.6 is 15.9 Å². The molecule has 0 spiro atoms. The molecule has 70 heavy (non-hydrogen) atoms. The largest absolute Gasteiger partial charge is 0.478 e. The second kappa shape index (κ2) is 18.7. The second-order valence-corrected chi connectivity index (χ2v) is 16.0. The van der Waals surface area contributed by atoms with Gasteiger partial charge in [0.2, 0.25) is 0 Å². The summed E-state index contributed by atoms with van der Waals surface area (Å²) >= 11 is 3.39. The van der Waals surface area contributed by atoms with Crippen LogP contribution in [0.2, 0.25) is 0 Å². The number of halogens is 7. The highest BCUT2D eigenvalue weighted by Gasteiger charge is 2.33. The average molecular weight is 1030 g/mol. The topological polar surface area (TPSA) is 170 Å². The van der Waals surface area contributed by atoms with Crippen LogP contribution in [0.1, 0.15) is 32.9 Å². The molecule has 4 aromatic carbocycles. The molecule has 0 amide bonds. The van der Waals surface area contributed by atoms with E-state index < -0.39 is 51.9 Å². The van der Waals surface area contributed by atoms with Crippen LogP contribution in [0.15, 0.2) is 133 Å². The first-order valence-electron chi connectivity index (χ1n) is 20.0. The first-order valence-corrected chi connectivity index (χ1v) is 20.8. The summed E-state index contributed by atoms with van der Waals surface area (Å²) in [7, 11) is 2.40. The van der Waals surface area contributed by atoms with Gasteiger partial charge in [-0.05, 0) is 90.4 Å². The molecule has 0 fully saturated rings. The molecule has 4 aromatic heterocycles. The Morgan fingerprint density at radius 2 is 0.986 bits per heavy atom. The smallest absolute Gasteiger partial charge is 0.416 e. The molecule has 0 aliphatic rings. The van der Waals surface area contributed by atoms with E-state index in [1.165, 1.54) is 78.9 Å². The van der Waals surface area contributed by atoms with Gasteiger partial charge in [-0.3, -0.25) is 27.9 Å². The number of hydrogen-bond acceptors (Lipinski definition) is 7. The average Bonchev–Trinajstić information content (AvgIpc) is 3.94. The zero-order valence-corrected chi connectivity index (χ0v) is 38.1. The SMILES string of the molecule is [C-]#[N+]c1ccc(-n2ncc(Br)c2-c2c(C)n(-c3cccc(C(F)(F)F)c3)c(=O)n(C)c2=O)cc1.[C-]#[N+]c1ccc(-n2ncc(C(=O)O)c2-c2c(C)n(-c3cccc(C(F)(F)F)c3)c(=O)n(C)c2=O)cc1. The van der Waals surface area contributed by atoms with Crippen LogP contribution in [0.3, 0.4) is 0 Å². The van der Waals surface area contributed by atoms with Gasteiger partial charge in [0, 0.05) is 25.5 Å². The van der Waals surface area contributed by atoms with E-state index in [0.29, 0.717) is 37.5 Å². The van der Waals surface area contributed by atoms with Crippen LogP contribution in [-0.2, 0) is 26.4 Å². The van der Waals surface area contributed by atoms with Gasteiger partial charge in [0.25, 0.3) is 11.1 Å². The predicted octanol–water partition coefficient (Wildman–Crippen LogP) is 8.99. The van der Waals surface area contributed by atoms with Crippen molar-refractivity contribution < 1.29 is 36.2 Å². The third kappa shape index (κ3) is 9.00. The molecule has 354 valence electrons. The van der Waals surface area contributed by atoms with Gasteiger partial charge in [-0.25, -0.2) is 33.4 Å². The Morgan fingerprint density at radius 3 is 1.37 bits per heavy atom. The van der Waals surface area contributed by atoms with E-state index in [9.17, 15) is 55.4 Å². The van der Waals surface area contributed by atoms with Crippen LogP contribution in [0.25, 0.3) is 55.0 Å². The normalized spacial score (nSPS) is 11.4. The number of aromatic carboxylic acids is 1. The maximum Gasteiger partial charge on any atom is 0.416 e. The van der Waals surface area contributed by atoms with E-state index in [0.717, 1.165) is 57.3 Å². The summed E-state index contributed by atoms with van der Waals surface area (Å²) in [6.45, 7) is 17.0. The van der Waals surface area contributed by atoms with Crippen molar-refractivity contribution in [2.75, 3.05) is 0 Å². The number of nitrogens with zero attached hydrogens (tertiary/aromatic N) is 10. The molecule has 0 atom stereocenters. The molecular weight excluding hydrogens is 994 g/mol. The van der Waals surface area contributed by atoms with Crippen molar-refractivity contribution in [2.45, 2.75) is 26.2 Å². The minimum absolute atomic E-state index is 0.0298. The molecule has 1 N–H and O–H groups in total. The Labute approximate surface area is 398 Å². The Hall–Kier alpha value is -8.83. The summed E-state index contributed by atoms with van der Waals surface area (Å²) in [6, 6.07) is 20.8. The lowest BCUT2D eigenvalue weighted by molar-refractivity contribution is -0.138. The third-order valence-corrected chi connectivity index (χ3v) is 11.5. The standard InChI is InChI=1S/C24H16F3N5O4.C23H15BrF3N5O2/c1-13-19(20-18(22(34)35)12-29-32(20)16-9-7-15(28-2)8-10-16)21(33)30(3)23(36)31(13)17-6-4-5-14(11-17)24(25,26)27;1-13-19(20-18(24)12-29-32(20)16-9-7-15(28-2)8-10-16)21(33)30(3)22(34)31(13)17-6-4-5-14(11-17)23(25,26)27/h4-12H,1,3H3,(H,34,35);4-12H,1,3H3. The minimum Gasteiger partial charge on any atom is -0.478 e. The zero-order chi connectivity index (χ0) is 51.1. The lowest BCUT2D eigenvalue weighted by Gasteiger charge is -2.18. The first kappa shape index (κ1) is 49.1. The van der Waals surface area contributed by atoms with Gasteiger partial charge < -0.3 is 5.11 Å². The molecule has 0 aliphatic heterocycles. The van der Waals surface area contributed by atoms with Crippen LogP contribution in [0, 0.1) is 27.0 Å². The van der Waals surface area contributed by atoms with Crippen molar-refractivity contribution in [3.8, 4) is 45.3 Å². The number of carboxylic acids is 1. The highest BCUT2D eigenvalue weighted by atomic mass is 79.9. The van der Waals surface area contributed by atoms with Gasteiger partial charge >= 0.3 is 29.7 Å². The summed E-state index contributed by atoms with van der Waals surface area (Å²) in [4.78, 5) is 71.2. The fourth-order valence-corrected chi connectivity index (χ4v) is 7.91. The van der Waals surface area contributed by atoms with E-state index >= 15 is 0 Å². The van der Waals surface area contributed by atoms with Crippen LogP contribution < -0.4 is 22.5 Å². The first-order chi connectivity index (χ1) is 33.0. The van der Waals surface area contributed by atoms with Gasteiger partial charge in [0.15, 0.2) is 11.4 Å². The van der Waals surface area contributed by atoms with Crippen LogP contribution in [0.4, 0.5) is 37.7 Å². The minimum atomic E-state index is -4.68. The van der Waals surface area contributed by atoms with Gasteiger partial charge in [-0.1, -0.05) is 36.4 Å². The summed E-state index contributed by atoms with van der Waals surface area (Å²) in [5.41, 5.74) is -4.00. The molecule has 0 bridgehead atoms. The Balaban J connectivity index is 0.000000207. The molecule has 23 heteroatoms. The highest BCUT2D eigenvalue weighted by molar-refractivity contribution is 9.10. The van der Waals surface area contributed by atoms with Crippen molar-refractivity contribution in [2.24, 2.45) is 14.1 Å². The zero-order valence-electron chi connectivity index (χ0n) is 36.5. The van der Waals surface area contributed by atoms with Gasteiger partial charge in [-0.15, -0.1) is 0 Å². The van der Waals surface area contributed by atoms with Crippen molar-refractivity contribution in [3.05, 3.63) is 207 Å². The maximum atomic E-state index is 13.3. The number of hydrogen-bond donors (Lipinski definition) is 1. The summed E-state index contributed by atoms with van der Waals surface area (Å²) in [5.74, 6) is -1.41. The molecule has 8 aromatic rings. The monoisotopic (exact) mass is 1020 g/mol. The Kier molecular flexibility index (Phi) is 13.1. The molecule has 0 radical (unpaired) electrons. The number of carboxylic acid groups (broad SMARTS) is 1. The van der Waals surface area contributed by atoms with E-state index in [1.807, 2.05) is 0 Å². The summed E-state index contributed by atoms with van der Waals surface area (Å²) in [6.07, 6.45) is -6.78. The van der Waals surface area contributed by atoms with Crippen LogP contribution in [0.5, 0.6) is 0 Å². The maximum absolute atomic E-state index is 13.3. The summed E-state index contributed by atoms with van der Waals surface area (Å²) < 4.78 is 86.5. The number of alkyl halides is 6. The fraction of sp³-hybridized carbons (Fsp3) is 0.128. The highest BCUT2D eigenvalue weighted by Crippen LogP contribution is 2.35. The van der Waals surface area contributed by atoms with E-state index in [4.69, 9.17) is 13.1 Å². The molecule has 0 saturated carbocycles. The van der Waals surface area contributed by atoms with Crippen molar-refractivity contribution >= 4 is 33.3 Å².